The SMILES string of the molecule is CCOC(=O)c1c(-c2ccc(OCC)cc2)csc1NC(=O)C=Cc1ccc(OC)c(OC)c1. The van der Waals surface area contributed by atoms with Crippen molar-refractivity contribution in [2.24, 2.45) is 0 Å². The molecule has 2 aromatic carbocycles. The Bertz CT molecular complexity index is 1170. The zero-order valence-electron chi connectivity index (χ0n) is 19.5. The number of amides is 1. The number of nitrogens with one attached hydrogen (secondary N) is 1. The van der Waals surface area contributed by atoms with Gasteiger partial charge in [0.15, 0.2) is 11.5 Å². The summed E-state index contributed by atoms with van der Waals surface area (Å²) in [5, 5.41) is 5.05. The second kappa shape index (κ2) is 11.9. The van der Waals surface area contributed by atoms with Crippen LogP contribution in [0.2, 0.25) is 0 Å². The molecule has 178 valence electrons. The monoisotopic (exact) mass is 481 g/mol. The fourth-order valence-corrected chi connectivity index (χ4v) is 4.21. The van der Waals surface area contributed by atoms with Crippen LogP contribution in [0.25, 0.3) is 17.2 Å². The summed E-state index contributed by atoms with van der Waals surface area (Å²) < 4.78 is 21.3. The van der Waals surface area contributed by atoms with E-state index in [9.17, 15) is 9.59 Å². The van der Waals surface area contributed by atoms with Crippen molar-refractivity contribution in [1.29, 1.82) is 0 Å². The van der Waals surface area contributed by atoms with E-state index in [1.165, 1.54) is 17.4 Å². The molecule has 0 fully saturated rings. The molecule has 1 N–H and O–H groups in total. The van der Waals surface area contributed by atoms with Crippen molar-refractivity contribution in [1.82, 2.24) is 0 Å². The van der Waals surface area contributed by atoms with Gasteiger partial charge in [-0.15, -0.1) is 11.3 Å². The summed E-state index contributed by atoms with van der Waals surface area (Å²) in [7, 11) is 3.11. The lowest BCUT2D eigenvalue weighted by Crippen LogP contribution is -2.12. The molecule has 0 radical (unpaired) electrons. The molecule has 3 aromatic rings. The lowest BCUT2D eigenvalue weighted by atomic mass is 10.0. The van der Waals surface area contributed by atoms with Gasteiger partial charge in [0.2, 0.25) is 5.91 Å². The third kappa shape index (κ3) is 5.96. The van der Waals surface area contributed by atoms with Crippen LogP contribution < -0.4 is 19.5 Å². The Morgan fingerprint density at radius 2 is 1.71 bits per heavy atom. The van der Waals surface area contributed by atoms with Crippen LogP contribution in [0.5, 0.6) is 17.2 Å². The van der Waals surface area contributed by atoms with Gasteiger partial charge in [-0.2, -0.15) is 0 Å². The second-order valence-corrected chi connectivity index (χ2v) is 7.85. The average Bonchev–Trinajstić information content (AvgIpc) is 3.26. The molecule has 0 saturated heterocycles. The van der Waals surface area contributed by atoms with Gasteiger partial charge in [-0.3, -0.25) is 4.79 Å². The van der Waals surface area contributed by atoms with Gasteiger partial charge in [0.25, 0.3) is 0 Å². The van der Waals surface area contributed by atoms with Gasteiger partial charge >= 0.3 is 5.97 Å². The number of benzene rings is 2. The molecule has 8 heteroatoms. The van der Waals surface area contributed by atoms with E-state index in [0.717, 1.165) is 16.9 Å². The molecule has 0 atom stereocenters. The Labute approximate surface area is 202 Å². The highest BCUT2D eigenvalue weighted by molar-refractivity contribution is 7.15. The number of thiophene rings is 1. The van der Waals surface area contributed by atoms with Crippen molar-refractivity contribution in [2.75, 3.05) is 32.8 Å². The number of esters is 1. The van der Waals surface area contributed by atoms with Crippen LogP contribution in [-0.2, 0) is 9.53 Å². The molecule has 1 amide bonds. The second-order valence-electron chi connectivity index (χ2n) is 6.97. The molecule has 1 aromatic heterocycles. The summed E-state index contributed by atoms with van der Waals surface area (Å²) in [6, 6.07) is 12.8. The lowest BCUT2D eigenvalue weighted by molar-refractivity contribution is -0.111. The van der Waals surface area contributed by atoms with E-state index in [0.29, 0.717) is 34.2 Å². The molecule has 3 rings (SSSR count). The Hall–Kier alpha value is -3.78. The zero-order valence-corrected chi connectivity index (χ0v) is 20.4. The van der Waals surface area contributed by atoms with E-state index in [-0.39, 0.29) is 12.5 Å². The number of carbonyl (C=O) groups excluding carboxylic acids is 2. The van der Waals surface area contributed by atoms with Gasteiger partial charge < -0.3 is 24.3 Å². The molecule has 0 aliphatic heterocycles. The van der Waals surface area contributed by atoms with Crippen LogP contribution in [0, 0.1) is 0 Å². The number of anilines is 1. The van der Waals surface area contributed by atoms with Gasteiger partial charge in [0.1, 0.15) is 16.3 Å². The number of rotatable bonds is 10. The fraction of sp³-hybridized carbons (Fsp3) is 0.231. The number of hydrogen-bond donors (Lipinski definition) is 1. The standard InChI is InChI=1S/C26H27NO6S/c1-5-32-19-11-9-18(10-12-19)20-16-34-25(24(20)26(29)33-6-2)27-23(28)14-8-17-7-13-21(30-3)22(15-17)31-4/h7-16H,5-6H2,1-4H3,(H,27,28). The fourth-order valence-electron chi connectivity index (χ4n) is 3.25. The van der Waals surface area contributed by atoms with Crippen molar-refractivity contribution < 1.29 is 28.5 Å². The van der Waals surface area contributed by atoms with Crippen LogP contribution in [0.1, 0.15) is 29.8 Å². The minimum absolute atomic E-state index is 0.226. The first-order valence-corrected chi connectivity index (χ1v) is 11.6. The lowest BCUT2D eigenvalue weighted by Gasteiger charge is -2.09. The third-order valence-corrected chi connectivity index (χ3v) is 5.71. The van der Waals surface area contributed by atoms with Gasteiger partial charge in [-0.25, -0.2) is 4.79 Å². The average molecular weight is 482 g/mol. The molecule has 1 heterocycles. The molecule has 0 spiro atoms. The predicted octanol–water partition coefficient (Wildman–Crippen LogP) is 5.66. The highest BCUT2D eigenvalue weighted by atomic mass is 32.1. The van der Waals surface area contributed by atoms with E-state index in [2.05, 4.69) is 5.32 Å². The molecular weight excluding hydrogens is 454 g/mol. The Balaban J connectivity index is 1.84. The predicted molar refractivity (Wildman–Crippen MR) is 134 cm³/mol. The normalized spacial score (nSPS) is 10.7. The van der Waals surface area contributed by atoms with Gasteiger partial charge in [-0.05, 0) is 55.3 Å². The maximum atomic E-state index is 12.7. The van der Waals surface area contributed by atoms with Gasteiger partial charge in [-0.1, -0.05) is 18.2 Å². The number of carbonyl (C=O) groups is 2. The van der Waals surface area contributed by atoms with Crippen molar-refractivity contribution in [3.05, 3.63) is 65.0 Å². The van der Waals surface area contributed by atoms with Crippen LogP contribution in [-0.4, -0.2) is 39.3 Å². The molecule has 7 nitrogen and oxygen atoms in total. The molecule has 34 heavy (non-hydrogen) atoms. The van der Waals surface area contributed by atoms with Crippen molar-refractivity contribution in [2.45, 2.75) is 13.8 Å². The summed E-state index contributed by atoms with van der Waals surface area (Å²) in [5.41, 5.74) is 2.60. The van der Waals surface area contributed by atoms with E-state index in [4.69, 9.17) is 18.9 Å². The van der Waals surface area contributed by atoms with Gasteiger partial charge in [0.05, 0.1) is 27.4 Å². The largest absolute Gasteiger partial charge is 0.494 e. The number of hydrogen-bond acceptors (Lipinski definition) is 7. The molecule has 0 saturated carbocycles. The first-order chi connectivity index (χ1) is 16.5. The topological polar surface area (TPSA) is 83.1 Å². The quantitative estimate of drug-likeness (QED) is 0.297. The molecule has 0 aliphatic carbocycles. The maximum Gasteiger partial charge on any atom is 0.341 e. The maximum absolute atomic E-state index is 12.7. The van der Waals surface area contributed by atoms with Crippen molar-refractivity contribution in [3.8, 4) is 28.4 Å². The van der Waals surface area contributed by atoms with Crippen LogP contribution in [0.3, 0.4) is 0 Å². The van der Waals surface area contributed by atoms with Crippen LogP contribution in [0.4, 0.5) is 5.00 Å². The Morgan fingerprint density at radius 1 is 0.971 bits per heavy atom. The zero-order chi connectivity index (χ0) is 24.5. The summed E-state index contributed by atoms with van der Waals surface area (Å²) in [6.45, 7) is 4.45. The van der Waals surface area contributed by atoms with Gasteiger partial charge in [0, 0.05) is 17.0 Å². The summed E-state index contributed by atoms with van der Waals surface area (Å²) in [6.07, 6.45) is 3.05. The molecule has 0 unspecified atom stereocenters. The summed E-state index contributed by atoms with van der Waals surface area (Å²) >= 11 is 1.27. The highest BCUT2D eigenvalue weighted by Gasteiger charge is 2.22. The number of ether oxygens (including phenoxy) is 4. The molecular formula is C26H27NO6S. The van der Waals surface area contributed by atoms with E-state index < -0.39 is 5.97 Å². The Kier molecular flexibility index (Phi) is 8.70. The minimum Gasteiger partial charge on any atom is -0.494 e. The smallest absolute Gasteiger partial charge is 0.341 e. The van der Waals surface area contributed by atoms with Crippen LogP contribution in [0.15, 0.2) is 53.9 Å². The van der Waals surface area contributed by atoms with Crippen molar-refractivity contribution in [3.63, 3.8) is 0 Å². The molecule has 0 bridgehead atoms. The summed E-state index contributed by atoms with van der Waals surface area (Å²) in [5.74, 6) is 1.04. The third-order valence-electron chi connectivity index (χ3n) is 4.82. The first kappa shape index (κ1) is 24.9. The molecule has 0 aliphatic rings. The van der Waals surface area contributed by atoms with Crippen LogP contribution >= 0.6 is 11.3 Å². The highest BCUT2D eigenvalue weighted by Crippen LogP contribution is 2.37. The van der Waals surface area contributed by atoms with Crippen molar-refractivity contribution >= 4 is 34.3 Å². The first-order valence-electron chi connectivity index (χ1n) is 10.7. The van der Waals surface area contributed by atoms with E-state index in [1.807, 2.05) is 42.6 Å². The number of methoxy groups -OCH3 is 2. The van der Waals surface area contributed by atoms with E-state index in [1.54, 1.807) is 39.4 Å². The van der Waals surface area contributed by atoms with E-state index >= 15 is 0 Å². The Morgan fingerprint density at radius 3 is 2.35 bits per heavy atom. The minimum atomic E-state index is -0.494. The summed E-state index contributed by atoms with van der Waals surface area (Å²) in [4.78, 5) is 25.4.